The molecule has 6 heteroatoms. The molecule has 6 nitrogen and oxygen atoms in total. The van der Waals surface area contributed by atoms with Gasteiger partial charge in [-0.25, -0.2) is 0 Å². The molecule has 2 atom stereocenters. The molecular weight excluding hydrogens is 258 g/mol. The lowest BCUT2D eigenvalue weighted by Crippen LogP contribution is -2.53. The van der Waals surface area contributed by atoms with E-state index in [0.717, 1.165) is 13.0 Å². The maximum atomic E-state index is 11.1. The first-order chi connectivity index (χ1) is 9.52. The number of nitrogens with zero attached hydrogens (tertiary/aromatic N) is 1. The van der Waals surface area contributed by atoms with Gasteiger partial charge >= 0.3 is 5.97 Å². The smallest absolute Gasteiger partial charge is 0.303 e. The lowest BCUT2D eigenvalue weighted by molar-refractivity contribution is -0.138. The van der Waals surface area contributed by atoms with Gasteiger partial charge in [0.1, 0.15) is 0 Å². The topological polar surface area (TPSA) is 95.7 Å². The summed E-state index contributed by atoms with van der Waals surface area (Å²) in [5, 5.41) is 12.6. The Hall–Kier alpha value is -1.14. The van der Waals surface area contributed by atoms with E-state index in [1.807, 2.05) is 4.90 Å². The molecule has 0 aromatic carbocycles. The molecular formula is C14H25N3O3. The standard InChI is InChI=1S/C14H25N3O3/c15-13(18)9-17-7-10(6-14(19)20)5-12(8-17)16-11-3-1-2-4-11/h10-12,16H,1-9H2,(H2,15,18)(H,19,20). The van der Waals surface area contributed by atoms with E-state index in [1.165, 1.54) is 25.7 Å². The van der Waals surface area contributed by atoms with E-state index < -0.39 is 5.97 Å². The third-order valence-electron chi connectivity index (χ3n) is 4.28. The van der Waals surface area contributed by atoms with Crippen molar-refractivity contribution in [3.63, 3.8) is 0 Å². The molecule has 2 unspecified atom stereocenters. The zero-order valence-corrected chi connectivity index (χ0v) is 11.9. The van der Waals surface area contributed by atoms with Crippen LogP contribution in [0.4, 0.5) is 0 Å². The van der Waals surface area contributed by atoms with Crippen molar-refractivity contribution in [3.8, 4) is 0 Å². The minimum absolute atomic E-state index is 0.0968. The zero-order chi connectivity index (χ0) is 14.5. The molecule has 0 aromatic rings. The maximum absolute atomic E-state index is 11.1. The summed E-state index contributed by atoms with van der Waals surface area (Å²) in [5.41, 5.74) is 5.26. The summed E-state index contributed by atoms with van der Waals surface area (Å²) in [6, 6.07) is 0.828. The summed E-state index contributed by atoms with van der Waals surface area (Å²) in [6.07, 6.45) is 5.99. The second kappa shape index (κ2) is 7.04. The van der Waals surface area contributed by atoms with Gasteiger partial charge < -0.3 is 16.2 Å². The Morgan fingerprint density at radius 3 is 2.50 bits per heavy atom. The summed E-state index contributed by atoms with van der Waals surface area (Å²) in [6.45, 7) is 1.66. The number of nitrogens with two attached hydrogens (primary N) is 1. The number of nitrogens with one attached hydrogen (secondary N) is 1. The van der Waals surface area contributed by atoms with Crippen LogP contribution >= 0.6 is 0 Å². The Bertz CT molecular complexity index is 332. The van der Waals surface area contributed by atoms with Gasteiger partial charge in [0.25, 0.3) is 0 Å². The van der Waals surface area contributed by atoms with E-state index in [-0.39, 0.29) is 30.8 Å². The third kappa shape index (κ3) is 4.76. The number of likely N-dealkylation sites (tertiary alicyclic amines) is 1. The number of carboxylic acids is 1. The average Bonchev–Trinajstić information content (AvgIpc) is 2.79. The van der Waals surface area contributed by atoms with Crippen molar-refractivity contribution in [2.45, 2.75) is 50.6 Å². The first kappa shape index (κ1) is 15.3. The molecule has 114 valence electrons. The van der Waals surface area contributed by atoms with Gasteiger partial charge in [0.05, 0.1) is 6.54 Å². The number of amides is 1. The molecule has 4 N–H and O–H groups in total. The van der Waals surface area contributed by atoms with Crippen LogP contribution in [0.15, 0.2) is 0 Å². The Balaban J connectivity index is 1.91. The van der Waals surface area contributed by atoms with E-state index >= 15 is 0 Å². The lowest BCUT2D eigenvalue weighted by atomic mass is 9.91. The fourth-order valence-corrected chi connectivity index (χ4v) is 3.59. The Labute approximate surface area is 119 Å². The quantitative estimate of drug-likeness (QED) is 0.646. The highest BCUT2D eigenvalue weighted by atomic mass is 16.4. The van der Waals surface area contributed by atoms with Gasteiger partial charge in [0, 0.05) is 31.6 Å². The van der Waals surface area contributed by atoms with Crippen molar-refractivity contribution in [2.24, 2.45) is 11.7 Å². The van der Waals surface area contributed by atoms with Crippen LogP contribution in [0.1, 0.15) is 38.5 Å². The highest BCUT2D eigenvalue weighted by molar-refractivity contribution is 5.76. The SMILES string of the molecule is NC(=O)CN1CC(CC(=O)O)CC(NC2CCCC2)C1. The second-order valence-electron chi connectivity index (χ2n) is 6.20. The molecule has 0 bridgehead atoms. The van der Waals surface area contributed by atoms with Crippen molar-refractivity contribution in [1.82, 2.24) is 10.2 Å². The maximum Gasteiger partial charge on any atom is 0.303 e. The van der Waals surface area contributed by atoms with Gasteiger partial charge in [0.2, 0.25) is 5.91 Å². The molecule has 1 saturated heterocycles. The number of hydrogen-bond donors (Lipinski definition) is 3. The molecule has 1 aliphatic carbocycles. The first-order valence-electron chi connectivity index (χ1n) is 7.51. The van der Waals surface area contributed by atoms with Crippen LogP contribution in [0, 0.1) is 5.92 Å². The van der Waals surface area contributed by atoms with Crippen LogP contribution in [0.3, 0.4) is 0 Å². The number of primary amides is 1. The second-order valence-corrected chi connectivity index (χ2v) is 6.20. The summed E-state index contributed by atoms with van der Waals surface area (Å²) < 4.78 is 0. The highest BCUT2D eigenvalue weighted by Crippen LogP contribution is 2.23. The fraction of sp³-hybridized carbons (Fsp3) is 0.857. The van der Waals surface area contributed by atoms with Gasteiger partial charge in [0.15, 0.2) is 0 Å². The van der Waals surface area contributed by atoms with Gasteiger partial charge in [-0.2, -0.15) is 0 Å². The van der Waals surface area contributed by atoms with Crippen LogP contribution in [0.2, 0.25) is 0 Å². The predicted molar refractivity (Wildman–Crippen MR) is 75.2 cm³/mol. The minimum Gasteiger partial charge on any atom is -0.481 e. The molecule has 2 aliphatic rings. The van der Waals surface area contributed by atoms with Crippen LogP contribution in [-0.4, -0.2) is 53.6 Å². The highest BCUT2D eigenvalue weighted by Gasteiger charge is 2.30. The number of carboxylic acid groups (broad SMARTS) is 1. The molecule has 2 fully saturated rings. The average molecular weight is 283 g/mol. The predicted octanol–water partition coefficient (Wildman–Crippen LogP) is 0.169. The Kier molecular flexibility index (Phi) is 5.37. The number of carbonyl (C=O) groups is 2. The molecule has 0 spiro atoms. The summed E-state index contributed by atoms with van der Waals surface area (Å²) in [7, 11) is 0. The van der Waals surface area contributed by atoms with E-state index in [4.69, 9.17) is 10.8 Å². The largest absolute Gasteiger partial charge is 0.481 e. The molecule has 0 aromatic heterocycles. The molecule has 20 heavy (non-hydrogen) atoms. The van der Waals surface area contributed by atoms with E-state index in [0.29, 0.717) is 12.6 Å². The molecule has 2 rings (SSSR count). The number of rotatable bonds is 6. The third-order valence-corrected chi connectivity index (χ3v) is 4.28. The first-order valence-corrected chi connectivity index (χ1v) is 7.51. The number of carbonyl (C=O) groups excluding carboxylic acids is 1. The summed E-state index contributed by atoms with van der Waals surface area (Å²) in [4.78, 5) is 24.0. The van der Waals surface area contributed by atoms with Crippen molar-refractivity contribution in [1.29, 1.82) is 0 Å². The zero-order valence-electron chi connectivity index (χ0n) is 11.9. The molecule has 1 saturated carbocycles. The molecule has 0 radical (unpaired) electrons. The molecule has 1 heterocycles. The van der Waals surface area contributed by atoms with Crippen LogP contribution in [0.25, 0.3) is 0 Å². The van der Waals surface area contributed by atoms with E-state index in [9.17, 15) is 9.59 Å². The number of hydrogen-bond acceptors (Lipinski definition) is 4. The van der Waals surface area contributed by atoms with Crippen molar-refractivity contribution in [3.05, 3.63) is 0 Å². The van der Waals surface area contributed by atoms with Crippen molar-refractivity contribution < 1.29 is 14.7 Å². The van der Waals surface area contributed by atoms with E-state index in [2.05, 4.69) is 5.32 Å². The summed E-state index contributed by atoms with van der Waals surface area (Å²) >= 11 is 0. The van der Waals surface area contributed by atoms with Crippen LogP contribution in [0.5, 0.6) is 0 Å². The number of aliphatic carboxylic acids is 1. The Morgan fingerprint density at radius 2 is 1.90 bits per heavy atom. The van der Waals surface area contributed by atoms with Crippen molar-refractivity contribution in [2.75, 3.05) is 19.6 Å². The molecule has 1 amide bonds. The van der Waals surface area contributed by atoms with Gasteiger partial charge in [-0.3, -0.25) is 14.5 Å². The van der Waals surface area contributed by atoms with Crippen LogP contribution in [-0.2, 0) is 9.59 Å². The lowest BCUT2D eigenvalue weighted by Gasteiger charge is -2.38. The van der Waals surface area contributed by atoms with Crippen LogP contribution < -0.4 is 11.1 Å². The molecule has 1 aliphatic heterocycles. The summed E-state index contributed by atoms with van der Waals surface area (Å²) in [5.74, 6) is -1.02. The fourth-order valence-electron chi connectivity index (χ4n) is 3.59. The van der Waals surface area contributed by atoms with Gasteiger partial charge in [-0.15, -0.1) is 0 Å². The van der Waals surface area contributed by atoms with Gasteiger partial charge in [-0.05, 0) is 25.2 Å². The van der Waals surface area contributed by atoms with Gasteiger partial charge in [-0.1, -0.05) is 12.8 Å². The van der Waals surface area contributed by atoms with Crippen molar-refractivity contribution >= 4 is 11.9 Å². The Morgan fingerprint density at radius 1 is 1.20 bits per heavy atom. The monoisotopic (exact) mass is 283 g/mol. The normalized spacial score (nSPS) is 28.6. The minimum atomic E-state index is -0.768. The number of piperidine rings is 1. The van der Waals surface area contributed by atoms with E-state index in [1.54, 1.807) is 0 Å².